The van der Waals surface area contributed by atoms with Gasteiger partial charge in [0.2, 0.25) is 0 Å². The molecule has 0 saturated carbocycles. The largest absolute Gasteiger partial charge is 0.480 e. The van der Waals surface area contributed by atoms with E-state index in [9.17, 15) is 18.0 Å². The molecule has 10 heteroatoms. The van der Waals surface area contributed by atoms with Crippen LogP contribution in [0, 0.1) is 0 Å². The molecular formula is C15H19Cl2NO6S. The molecule has 1 rings (SSSR count). The lowest BCUT2D eigenvalue weighted by Gasteiger charge is -2.19. The maximum Gasteiger partial charge on any atom is 0.326 e. The summed E-state index contributed by atoms with van der Waals surface area (Å²) >= 11 is 11.7. The molecule has 25 heavy (non-hydrogen) atoms. The minimum atomic E-state index is -3.34. The molecule has 0 saturated heterocycles. The van der Waals surface area contributed by atoms with Gasteiger partial charge in [-0.2, -0.15) is 0 Å². The van der Waals surface area contributed by atoms with Crippen LogP contribution >= 0.6 is 23.2 Å². The van der Waals surface area contributed by atoms with E-state index in [1.807, 2.05) is 0 Å². The summed E-state index contributed by atoms with van der Waals surface area (Å²) in [5.74, 6) is -2.24. The number of hydrogen-bond donors (Lipinski definition) is 2. The second-order valence-electron chi connectivity index (χ2n) is 5.26. The lowest BCUT2D eigenvalue weighted by atomic mass is 10.2. The number of sulfone groups is 1. The van der Waals surface area contributed by atoms with Crippen molar-refractivity contribution in [2.75, 3.05) is 11.5 Å². The Morgan fingerprint density at radius 2 is 1.96 bits per heavy atom. The summed E-state index contributed by atoms with van der Waals surface area (Å²) in [5, 5.41) is 12.0. The van der Waals surface area contributed by atoms with Gasteiger partial charge in [-0.3, -0.25) is 4.79 Å². The molecule has 2 N–H and O–H groups in total. The van der Waals surface area contributed by atoms with Crippen LogP contribution < -0.4 is 10.1 Å². The summed E-state index contributed by atoms with van der Waals surface area (Å²) in [7, 11) is -3.34. The van der Waals surface area contributed by atoms with Crippen molar-refractivity contribution in [3.8, 4) is 5.75 Å². The van der Waals surface area contributed by atoms with Crippen molar-refractivity contribution in [2.24, 2.45) is 0 Å². The number of benzene rings is 1. The maximum atomic E-state index is 12.1. The monoisotopic (exact) mass is 411 g/mol. The van der Waals surface area contributed by atoms with Crippen molar-refractivity contribution in [1.29, 1.82) is 0 Å². The fourth-order valence-corrected chi connectivity index (χ4v) is 3.14. The zero-order valence-corrected chi connectivity index (χ0v) is 16.0. The third kappa shape index (κ3) is 7.09. The van der Waals surface area contributed by atoms with Gasteiger partial charge < -0.3 is 15.2 Å². The van der Waals surface area contributed by atoms with Crippen molar-refractivity contribution >= 4 is 44.9 Å². The molecular weight excluding hydrogens is 393 g/mol. The van der Waals surface area contributed by atoms with Crippen LogP contribution in [0.4, 0.5) is 0 Å². The van der Waals surface area contributed by atoms with E-state index < -0.39 is 33.9 Å². The second-order valence-corrected chi connectivity index (χ2v) is 8.58. The fourth-order valence-electron chi connectivity index (χ4n) is 1.80. The quantitative estimate of drug-likeness (QED) is 0.643. The average Bonchev–Trinajstić information content (AvgIpc) is 2.53. The first-order valence-corrected chi connectivity index (χ1v) is 9.98. The minimum absolute atomic E-state index is 0.0954. The molecule has 7 nitrogen and oxygen atoms in total. The fraction of sp³-hybridized carbons (Fsp3) is 0.467. The molecule has 0 radical (unpaired) electrons. The van der Waals surface area contributed by atoms with Crippen molar-refractivity contribution in [1.82, 2.24) is 5.32 Å². The van der Waals surface area contributed by atoms with Gasteiger partial charge in [0.15, 0.2) is 6.10 Å². The third-order valence-corrected chi connectivity index (χ3v) is 5.61. The van der Waals surface area contributed by atoms with Gasteiger partial charge in [0.05, 0.1) is 10.8 Å². The highest BCUT2D eigenvalue weighted by Crippen LogP contribution is 2.28. The van der Waals surface area contributed by atoms with Gasteiger partial charge in [-0.25, -0.2) is 13.2 Å². The van der Waals surface area contributed by atoms with Gasteiger partial charge in [-0.05, 0) is 31.5 Å². The Hall–Kier alpha value is -1.51. The van der Waals surface area contributed by atoms with Crippen molar-refractivity contribution < 1.29 is 27.9 Å². The Kier molecular flexibility index (Phi) is 7.98. The number of carboxylic acids is 1. The Bertz CT molecular complexity index is 738. The number of carbonyl (C=O) groups excluding carboxylic acids is 1. The van der Waals surface area contributed by atoms with E-state index in [-0.39, 0.29) is 28.7 Å². The smallest absolute Gasteiger partial charge is 0.326 e. The number of ether oxygens (including phenoxy) is 1. The van der Waals surface area contributed by atoms with Gasteiger partial charge in [0.1, 0.15) is 21.6 Å². The van der Waals surface area contributed by atoms with Gasteiger partial charge in [-0.15, -0.1) is 0 Å². The topological polar surface area (TPSA) is 110 Å². The normalized spacial score (nSPS) is 13.8. The van der Waals surface area contributed by atoms with E-state index in [1.165, 1.54) is 32.0 Å². The number of rotatable bonds is 9. The highest BCUT2D eigenvalue weighted by Gasteiger charge is 2.25. The number of aliphatic carboxylic acids is 1. The molecule has 0 bridgehead atoms. The van der Waals surface area contributed by atoms with Crippen LogP contribution in [0.5, 0.6) is 5.75 Å². The molecule has 0 aliphatic rings. The molecule has 0 heterocycles. The van der Waals surface area contributed by atoms with Crippen LogP contribution in [0.1, 0.15) is 20.3 Å². The summed E-state index contributed by atoms with van der Waals surface area (Å²) in [6.45, 7) is 2.89. The zero-order chi connectivity index (χ0) is 19.2. The molecule has 0 aliphatic heterocycles. The zero-order valence-electron chi connectivity index (χ0n) is 13.7. The molecule has 0 fully saturated rings. The highest BCUT2D eigenvalue weighted by atomic mass is 35.5. The first-order valence-electron chi connectivity index (χ1n) is 7.41. The van der Waals surface area contributed by atoms with Crippen LogP contribution in [0.2, 0.25) is 10.0 Å². The lowest BCUT2D eigenvalue weighted by Crippen LogP contribution is -2.47. The third-order valence-electron chi connectivity index (χ3n) is 3.34. The van der Waals surface area contributed by atoms with E-state index in [2.05, 4.69) is 5.32 Å². The van der Waals surface area contributed by atoms with E-state index in [1.54, 1.807) is 0 Å². The standard InChI is InChI=1S/C15H19Cl2NO6S/c1-3-25(22,23)7-6-12(15(20)21)18-14(19)9(2)24-13-5-4-10(16)8-11(13)17/h4-5,8-9,12H,3,6-7H2,1-2H3,(H,18,19)(H,20,21). The number of amides is 1. The summed E-state index contributed by atoms with van der Waals surface area (Å²) < 4.78 is 28.4. The van der Waals surface area contributed by atoms with E-state index in [4.69, 9.17) is 33.0 Å². The van der Waals surface area contributed by atoms with Gasteiger partial charge in [-0.1, -0.05) is 30.1 Å². The molecule has 2 unspecified atom stereocenters. The van der Waals surface area contributed by atoms with Crippen molar-refractivity contribution in [3.63, 3.8) is 0 Å². The minimum Gasteiger partial charge on any atom is -0.480 e. The van der Waals surface area contributed by atoms with Crippen molar-refractivity contribution in [2.45, 2.75) is 32.4 Å². The molecule has 1 aromatic rings. The van der Waals surface area contributed by atoms with Crippen LogP contribution in [0.15, 0.2) is 18.2 Å². The van der Waals surface area contributed by atoms with Crippen LogP contribution in [-0.2, 0) is 19.4 Å². The van der Waals surface area contributed by atoms with E-state index in [0.717, 1.165) is 0 Å². The molecule has 140 valence electrons. The Morgan fingerprint density at radius 3 is 2.48 bits per heavy atom. The van der Waals surface area contributed by atoms with Gasteiger partial charge in [0.25, 0.3) is 5.91 Å². The molecule has 2 atom stereocenters. The molecule has 1 aromatic carbocycles. The molecule has 0 spiro atoms. The van der Waals surface area contributed by atoms with Gasteiger partial charge in [0, 0.05) is 10.8 Å². The number of hydrogen-bond acceptors (Lipinski definition) is 5. The van der Waals surface area contributed by atoms with Crippen LogP contribution in [0.3, 0.4) is 0 Å². The average molecular weight is 412 g/mol. The first kappa shape index (κ1) is 21.5. The Labute approximate surface area is 156 Å². The van der Waals surface area contributed by atoms with Crippen molar-refractivity contribution in [3.05, 3.63) is 28.2 Å². The molecule has 0 aliphatic carbocycles. The number of halogens is 2. The SMILES string of the molecule is CCS(=O)(=O)CCC(NC(=O)C(C)Oc1ccc(Cl)cc1Cl)C(=O)O. The predicted molar refractivity (Wildman–Crippen MR) is 95.1 cm³/mol. The van der Waals surface area contributed by atoms with E-state index >= 15 is 0 Å². The van der Waals surface area contributed by atoms with E-state index in [0.29, 0.717) is 5.02 Å². The summed E-state index contributed by atoms with van der Waals surface area (Å²) in [6, 6.07) is 3.12. The number of carboxylic acid groups (broad SMARTS) is 1. The number of nitrogens with one attached hydrogen (secondary N) is 1. The summed E-state index contributed by atoms with van der Waals surface area (Å²) in [6.07, 6.45) is -1.27. The lowest BCUT2D eigenvalue weighted by molar-refractivity contribution is -0.142. The molecule has 0 aromatic heterocycles. The Morgan fingerprint density at radius 1 is 1.32 bits per heavy atom. The first-order chi connectivity index (χ1) is 11.6. The number of carbonyl (C=O) groups is 2. The summed E-state index contributed by atoms with van der Waals surface area (Å²) in [4.78, 5) is 23.3. The Balaban J connectivity index is 2.71. The molecule has 1 amide bonds. The second kappa shape index (κ2) is 9.26. The van der Waals surface area contributed by atoms with Crippen LogP contribution in [-0.4, -0.2) is 49.1 Å². The highest BCUT2D eigenvalue weighted by molar-refractivity contribution is 7.91. The maximum absolute atomic E-state index is 12.1. The summed E-state index contributed by atoms with van der Waals surface area (Å²) in [5.41, 5.74) is 0. The van der Waals surface area contributed by atoms with Crippen LogP contribution in [0.25, 0.3) is 0 Å². The predicted octanol–water partition coefficient (Wildman–Crippen LogP) is 2.15. The van der Waals surface area contributed by atoms with Gasteiger partial charge >= 0.3 is 5.97 Å².